The van der Waals surface area contributed by atoms with Crippen LogP contribution in [0.4, 0.5) is 0 Å². The monoisotopic (exact) mass is 240 g/mol. The van der Waals surface area contributed by atoms with Crippen LogP contribution in [0.15, 0.2) is 0 Å². The van der Waals surface area contributed by atoms with Gasteiger partial charge < -0.3 is 10.6 Å². The molecule has 0 saturated heterocycles. The van der Waals surface area contributed by atoms with Crippen molar-refractivity contribution >= 4 is 5.91 Å². The summed E-state index contributed by atoms with van der Waals surface area (Å²) >= 11 is 0. The fourth-order valence-corrected chi connectivity index (χ4v) is 2.79. The second-order valence-corrected chi connectivity index (χ2v) is 5.30. The molecule has 0 aromatic heterocycles. The van der Waals surface area contributed by atoms with E-state index in [1.54, 1.807) is 0 Å². The van der Waals surface area contributed by atoms with Crippen LogP contribution in [0.2, 0.25) is 0 Å². The summed E-state index contributed by atoms with van der Waals surface area (Å²) in [6, 6.07) is 0.494. The number of hydrogen-bond acceptors (Lipinski definition) is 2. The molecule has 2 N–H and O–H groups in total. The van der Waals surface area contributed by atoms with Gasteiger partial charge in [0.2, 0.25) is 5.91 Å². The largest absolute Gasteiger partial charge is 0.339 e. The highest BCUT2D eigenvalue weighted by Crippen LogP contribution is 2.25. The number of carbonyl (C=O) groups is 1. The van der Waals surface area contributed by atoms with Crippen LogP contribution in [0.1, 0.15) is 58.8 Å². The van der Waals surface area contributed by atoms with Crippen molar-refractivity contribution in [3.05, 3.63) is 0 Å². The maximum absolute atomic E-state index is 12.4. The van der Waals surface area contributed by atoms with Crippen molar-refractivity contribution in [2.24, 2.45) is 11.7 Å². The van der Waals surface area contributed by atoms with Gasteiger partial charge in [-0.1, -0.05) is 33.1 Å². The van der Waals surface area contributed by atoms with Crippen LogP contribution in [-0.4, -0.2) is 29.9 Å². The van der Waals surface area contributed by atoms with Gasteiger partial charge in [-0.25, -0.2) is 0 Å². The fraction of sp³-hybridized carbons (Fsp3) is 0.929. The molecule has 100 valence electrons. The molecule has 1 amide bonds. The van der Waals surface area contributed by atoms with Crippen molar-refractivity contribution in [1.29, 1.82) is 0 Å². The topological polar surface area (TPSA) is 46.3 Å². The number of hydrogen-bond donors (Lipinski definition) is 1. The van der Waals surface area contributed by atoms with Gasteiger partial charge in [-0.3, -0.25) is 4.79 Å². The summed E-state index contributed by atoms with van der Waals surface area (Å²) in [7, 11) is 0. The van der Waals surface area contributed by atoms with Crippen LogP contribution < -0.4 is 5.73 Å². The van der Waals surface area contributed by atoms with Crippen LogP contribution in [0, 0.1) is 5.92 Å². The summed E-state index contributed by atoms with van der Waals surface area (Å²) in [5.41, 5.74) is 5.57. The van der Waals surface area contributed by atoms with E-state index in [1.165, 1.54) is 25.7 Å². The molecule has 1 unspecified atom stereocenters. The highest BCUT2D eigenvalue weighted by molar-refractivity contribution is 5.78. The molecule has 0 aromatic carbocycles. The summed E-state index contributed by atoms with van der Waals surface area (Å²) in [5.74, 6) is 0.533. The van der Waals surface area contributed by atoms with Gasteiger partial charge in [0.15, 0.2) is 0 Å². The summed E-state index contributed by atoms with van der Waals surface area (Å²) in [6.07, 6.45) is 7.96. The second kappa shape index (κ2) is 7.70. The quantitative estimate of drug-likeness (QED) is 0.743. The molecule has 1 aliphatic rings. The Bertz CT molecular complexity index is 224. The van der Waals surface area contributed by atoms with Gasteiger partial charge in [-0.15, -0.1) is 0 Å². The minimum Gasteiger partial charge on any atom is -0.339 e. The molecule has 0 aliphatic heterocycles. The molecule has 17 heavy (non-hydrogen) atoms. The van der Waals surface area contributed by atoms with Gasteiger partial charge in [-0.2, -0.15) is 0 Å². The third kappa shape index (κ3) is 4.30. The average molecular weight is 240 g/mol. The Kier molecular flexibility index (Phi) is 6.56. The van der Waals surface area contributed by atoms with Gasteiger partial charge in [-0.05, 0) is 32.2 Å². The molecular formula is C14H28N2O. The third-order valence-electron chi connectivity index (χ3n) is 3.79. The van der Waals surface area contributed by atoms with Crippen LogP contribution in [0.3, 0.4) is 0 Å². The van der Waals surface area contributed by atoms with E-state index in [-0.39, 0.29) is 5.92 Å². The van der Waals surface area contributed by atoms with Crippen molar-refractivity contribution in [1.82, 2.24) is 4.90 Å². The lowest BCUT2D eigenvalue weighted by Crippen LogP contribution is -2.42. The number of nitrogens with two attached hydrogens (primary N) is 1. The van der Waals surface area contributed by atoms with Crippen molar-refractivity contribution in [3.8, 4) is 0 Å². The van der Waals surface area contributed by atoms with Crippen molar-refractivity contribution in [2.75, 3.05) is 13.1 Å². The number of rotatable bonds is 7. The molecule has 0 heterocycles. The van der Waals surface area contributed by atoms with E-state index in [0.29, 0.717) is 18.5 Å². The fourth-order valence-electron chi connectivity index (χ4n) is 2.79. The molecule has 0 bridgehead atoms. The lowest BCUT2D eigenvalue weighted by atomic mass is 10.0. The summed E-state index contributed by atoms with van der Waals surface area (Å²) in [6.45, 7) is 5.74. The molecule has 1 rings (SSSR count). The van der Waals surface area contributed by atoms with E-state index in [9.17, 15) is 4.79 Å². The smallest absolute Gasteiger partial charge is 0.225 e. The minimum absolute atomic E-state index is 0.179. The number of nitrogens with zero attached hydrogens (tertiary/aromatic N) is 1. The van der Waals surface area contributed by atoms with Gasteiger partial charge in [0.1, 0.15) is 0 Å². The SMILES string of the molecule is CCCC(C)C(=O)N(CCCN)C1CCCC1. The summed E-state index contributed by atoms with van der Waals surface area (Å²) < 4.78 is 0. The Morgan fingerprint density at radius 3 is 2.59 bits per heavy atom. The third-order valence-corrected chi connectivity index (χ3v) is 3.79. The zero-order chi connectivity index (χ0) is 12.7. The van der Waals surface area contributed by atoms with Gasteiger partial charge >= 0.3 is 0 Å². The first-order valence-electron chi connectivity index (χ1n) is 7.21. The van der Waals surface area contributed by atoms with E-state index in [0.717, 1.165) is 25.8 Å². The Morgan fingerprint density at radius 2 is 2.06 bits per heavy atom. The second-order valence-electron chi connectivity index (χ2n) is 5.30. The first kappa shape index (κ1) is 14.5. The lowest BCUT2D eigenvalue weighted by molar-refractivity contribution is -0.137. The minimum atomic E-state index is 0.179. The molecule has 3 nitrogen and oxygen atoms in total. The first-order valence-corrected chi connectivity index (χ1v) is 7.21. The van der Waals surface area contributed by atoms with E-state index in [1.807, 2.05) is 0 Å². The molecule has 1 aliphatic carbocycles. The maximum Gasteiger partial charge on any atom is 0.225 e. The van der Waals surface area contributed by atoms with Crippen LogP contribution in [0.5, 0.6) is 0 Å². The Labute approximate surface area is 106 Å². The molecule has 0 radical (unpaired) electrons. The van der Waals surface area contributed by atoms with E-state index in [4.69, 9.17) is 5.73 Å². The Balaban J connectivity index is 2.57. The van der Waals surface area contributed by atoms with Crippen LogP contribution >= 0.6 is 0 Å². The van der Waals surface area contributed by atoms with Crippen molar-refractivity contribution < 1.29 is 4.79 Å². The molecule has 0 spiro atoms. The zero-order valence-corrected chi connectivity index (χ0v) is 11.5. The maximum atomic E-state index is 12.4. The van der Waals surface area contributed by atoms with E-state index in [2.05, 4.69) is 18.7 Å². The first-order chi connectivity index (χ1) is 8.20. The molecule has 1 saturated carbocycles. The lowest BCUT2D eigenvalue weighted by Gasteiger charge is -2.31. The number of carbonyl (C=O) groups excluding carboxylic acids is 1. The molecular weight excluding hydrogens is 212 g/mol. The highest BCUT2D eigenvalue weighted by atomic mass is 16.2. The normalized spacial score (nSPS) is 18.3. The van der Waals surface area contributed by atoms with Crippen LogP contribution in [-0.2, 0) is 4.79 Å². The highest BCUT2D eigenvalue weighted by Gasteiger charge is 2.28. The molecule has 1 fully saturated rings. The van der Waals surface area contributed by atoms with Gasteiger partial charge in [0.25, 0.3) is 0 Å². The standard InChI is InChI=1S/C14H28N2O/c1-3-7-12(2)14(17)16(11-6-10-15)13-8-4-5-9-13/h12-13H,3-11,15H2,1-2H3. The molecule has 1 atom stereocenters. The predicted octanol–water partition coefficient (Wildman–Crippen LogP) is 2.54. The molecule has 0 aromatic rings. The average Bonchev–Trinajstić information content (AvgIpc) is 2.83. The number of amides is 1. The van der Waals surface area contributed by atoms with Gasteiger partial charge in [0, 0.05) is 18.5 Å². The Hall–Kier alpha value is -0.570. The summed E-state index contributed by atoms with van der Waals surface area (Å²) in [5, 5.41) is 0. The Morgan fingerprint density at radius 1 is 1.41 bits per heavy atom. The predicted molar refractivity (Wildman–Crippen MR) is 71.7 cm³/mol. The van der Waals surface area contributed by atoms with Crippen molar-refractivity contribution in [3.63, 3.8) is 0 Å². The van der Waals surface area contributed by atoms with E-state index >= 15 is 0 Å². The van der Waals surface area contributed by atoms with E-state index < -0.39 is 0 Å². The van der Waals surface area contributed by atoms with Crippen molar-refractivity contribution in [2.45, 2.75) is 64.8 Å². The van der Waals surface area contributed by atoms with Crippen LogP contribution in [0.25, 0.3) is 0 Å². The van der Waals surface area contributed by atoms with Gasteiger partial charge in [0.05, 0.1) is 0 Å². The zero-order valence-electron chi connectivity index (χ0n) is 11.5. The molecule has 3 heteroatoms. The summed E-state index contributed by atoms with van der Waals surface area (Å²) in [4.78, 5) is 14.5.